The second-order valence-corrected chi connectivity index (χ2v) is 4.11. The highest BCUT2D eigenvalue weighted by Crippen LogP contribution is 2.24. The van der Waals surface area contributed by atoms with Crippen molar-refractivity contribution < 1.29 is 22.9 Å². The van der Waals surface area contributed by atoms with Crippen LogP contribution in [0.5, 0.6) is 0 Å². The van der Waals surface area contributed by atoms with Crippen LogP contribution in [0.3, 0.4) is 0 Å². The summed E-state index contributed by atoms with van der Waals surface area (Å²) in [6, 6.07) is 3.51. The van der Waals surface area contributed by atoms with Gasteiger partial charge in [-0.05, 0) is 18.6 Å². The highest BCUT2D eigenvalue weighted by atomic mass is 19.4. The summed E-state index contributed by atoms with van der Waals surface area (Å²) in [5.41, 5.74) is 1.70. The molecule has 1 rings (SSSR count). The zero-order valence-electron chi connectivity index (χ0n) is 10.7. The quantitative estimate of drug-likeness (QED) is 0.322. The molecule has 0 bridgehead atoms. The Kier molecular flexibility index (Phi) is 5.47. The maximum Gasteiger partial charge on any atom is 0.389 e. The van der Waals surface area contributed by atoms with Gasteiger partial charge in [0.05, 0.1) is 4.92 Å². The molecule has 0 saturated heterocycles. The summed E-state index contributed by atoms with van der Waals surface area (Å²) in [5, 5.41) is 13.0. The third-order valence-corrected chi connectivity index (χ3v) is 2.53. The maximum atomic E-state index is 11.9. The van der Waals surface area contributed by atoms with Gasteiger partial charge in [0.15, 0.2) is 0 Å². The zero-order chi connectivity index (χ0) is 16.0. The molecule has 1 aromatic carbocycles. The number of nitrogen functional groups attached to an aromatic ring is 1. The molecule has 0 aliphatic carbocycles. The van der Waals surface area contributed by atoms with Crippen LogP contribution in [-0.2, 0) is 0 Å². The first-order valence-corrected chi connectivity index (χ1v) is 5.84. The maximum absolute atomic E-state index is 11.9. The van der Waals surface area contributed by atoms with E-state index in [9.17, 15) is 28.1 Å². The zero-order valence-corrected chi connectivity index (χ0v) is 10.7. The van der Waals surface area contributed by atoms with Gasteiger partial charge in [0.2, 0.25) is 0 Å². The van der Waals surface area contributed by atoms with Crippen molar-refractivity contribution in [2.24, 2.45) is 5.84 Å². The topological polar surface area (TPSA) is 110 Å². The normalized spacial score (nSPS) is 11.0. The van der Waals surface area contributed by atoms with Crippen LogP contribution < -0.4 is 16.6 Å². The van der Waals surface area contributed by atoms with E-state index in [4.69, 9.17) is 5.84 Å². The first kappa shape index (κ1) is 16.7. The standard InChI is InChI=1S/C11H13F3N4O3/c12-11(13,14)4-1-5-16-10(19)7-2-3-8(17-15)9(6-7)18(20)21/h2-3,6,17H,1,4-5,15H2,(H,16,19). The van der Waals surface area contributed by atoms with Gasteiger partial charge in [-0.25, -0.2) is 0 Å². The summed E-state index contributed by atoms with van der Waals surface area (Å²) in [6.45, 7) is -0.178. The minimum atomic E-state index is -4.28. The van der Waals surface area contributed by atoms with Crippen molar-refractivity contribution >= 4 is 17.3 Å². The van der Waals surface area contributed by atoms with Crippen molar-refractivity contribution in [2.45, 2.75) is 19.0 Å². The van der Waals surface area contributed by atoms with E-state index in [1.54, 1.807) is 0 Å². The lowest BCUT2D eigenvalue weighted by Crippen LogP contribution is -2.25. The molecule has 0 aromatic heterocycles. The van der Waals surface area contributed by atoms with Crippen molar-refractivity contribution in [3.05, 3.63) is 33.9 Å². The van der Waals surface area contributed by atoms with E-state index in [0.29, 0.717) is 0 Å². The van der Waals surface area contributed by atoms with E-state index in [0.717, 1.165) is 6.07 Å². The molecule has 0 spiro atoms. The Balaban J connectivity index is 2.66. The number of alkyl halides is 3. The van der Waals surface area contributed by atoms with Crippen molar-refractivity contribution in [3.8, 4) is 0 Å². The fourth-order valence-corrected chi connectivity index (χ4v) is 1.54. The summed E-state index contributed by atoms with van der Waals surface area (Å²) >= 11 is 0. The van der Waals surface area contributed by atoms with Gasteiger partial charge in [-0.15, -0.1) is 0 Å². The van der Waals surface area contributed by atoms with Gasteiger partial charge in [-0.2, -0.15) is 13.2 Å². The average molecular weight is 306 g/mol. The Morgan fingerprint density at radius 3 is 2.57 bits per heavy atom. The van der Waals surface area contributed by atoms with E-state index >= 15 is 0 Å². The van der Waals surface area contributed by atoms with Crippen LogP contribution in [0.15, 0.2) is 18.2 Å². The molecule has 0 radical (unpaired) electrons. The number of halogens is 3. The number of nitrogens with two attached hydrogens (primary N) is 1. The van der Waals surface area contributed by atoms with Crippen LogP contribution in [0.2, 0.25) is 0 Å². The lowest BCUT2D eigenvalue weighted by Gasteiger charge is -2.08. The van der Waals surface area contributed by atoms with Gasteiger partial charge in [-0.1, -0.05) is 0 Å². The summed E-state index contributed by atoms with van der Waals surface area (Å²) in [7, 11) is 0. The van der Waals surface area contributed by atoms with E-state index in [1.807, 2.05) is 0 Å². The molecule has 0 aliphatic rings. The SMILES string of the molecule is NNc1ccc(C(=O)NCCCC(F)(F)F)cc1[N+](=O)[O-]. The minimum Gasteiger partial charge on any atom is -0.352 e. The number of hydrazine groups is 1. The third-order valence-electron chi connectivity index (χ3n) is 2.53. The van der Waals surface area contributed by atoms with Gasteiger partial charge in [0, 0.05) is 24.6 Å². The molecular formula is C11H13F3N4O3. The number of nitrogens with zero attached hydrogens (tertiary/aromatic N) is 1. The second-order valence-electron chi connectivity index (χ2n) is 4.11. The fourth-order valence-electron chi connectivity index (χ4n) is 1.54. The number of rotatable bonds is 6. The van der Waals surface area contributed by atoms with Crippen molar-refractivity contribution in [1.29, 1.82) is 0 Å². The van der Waals surface area contributed by atoms with Gasteiger partial charge in [0.1, 0.15) is 5.69 Å². The Morgan fingerprint density at radius 1 is 1.38 bits per heavy atom. The largest absolute Gasteiger partial charge is 0.389 e. The molecule has 0 unspecified atom stereocenters. The molecule has 0 atom stereocenters. The number of benzene rings is 1. The predicted molar refractivity (Wildman–Crippen MR) is 68.5 cm³/mol. The van der Waals surface area contributed by atoms with Gasteiger partial charge in [-0.3, -0.25) is 20.8 Å². The Morgan fingerprint density at radius 2 is 2.05 bits per heavy atom. The van der Waals surface area contributed by atoms with E-state index in [-0.39, 0.29) is 24.2 Å². The smallest absolute Gasteiger partial charge is 0.352 e. The van der Waals surface area contributed by atoms with Crippen LogP contribution in [0.25, 0.3) is 0 Å². The molecule has 116 valence electrons. The highest BCUT2D eigenvalue weighted by Gasteiger charge is 2.26. The lowest BCUT2D eigenvalue weighted by molar-refractivity contribution is -0.384. The van der Waals surface area contributed by atoms with Crippen LogP contribution in [0.1, 0.15) is 23.2 Å². The predicted octanol–water partition coefficient (Wildman–Crippen LogP) is 1.95. The number of hydrogen-bond acceptors (Lipinski definition) is 5. The lowest BCUT2D eigenvalue weighted by atomic mass is 10.1. The molecule has 0 fully saturated rings. The Labute approximate surface area is 117 Å². The molecule has 0 heterocycles. The number of carbonyl (C=O) groups excluding carboxylic acids is 1. The van der Waals surface area contributed by atoms with Crippen molar-refractivity contribution in [2.75, 3.05) is 12.0 Å². The van der Waals surface area contributed by atoms with E-state index < -0.39 is 29.1 Å². The van der Waals surface area contributed by atoms with E-state index in [1.165, 1.54) is 12.1 Å². The Hall–Kier alpha value is -2.36. The first-order valence-electron chi connectivity index (χ1n) is 5.84. The molecule has 10 heteroatoms. The van der Waals surface area contributed by atoms with Crippen LogP contribution in [0.4, 0.5) is 24.5 Å². The van der Waals surface area contributed by atoms with Gasteiger partial charge in [0.25, 0.3) is 11.6 Å². The molecule has 1 amide bonds. The van der Waals surface area contributed by atoms with Crippen LogP contribution in [0, 0.1) is 10.1 Å². The third kappa shape index (κ3) is 5.26. The molecular weight excluding hydrogens is 293 g/mol. The first-order chi connectivity index (χ1) is 9.74. The van der Waals surface area contributed by atoms with Crippen LogP contribution >= 0.6 is 0 Å². The second kappa shape index (κ2) is 6.88. The Bertz CT molecular complexity index is 534. The molecule has 0 aliphatic heterocycles. The van der Waals surface area contributed by atoms with E-state index in [2.05, 4.69) is 10.7 Å². The summed E-state index contributed by atoms with van der Waals surface area (Å²) in [6.07, 6.45) is -5.55. The number of hydrogen-bond donors (Lipinski definition) is 3. The molecule has 1 aromatic rings. The number of nitrogens with one attached hydrogen (secondary N) is 2. The number of amides is 1. The highest BCUT2D eigenvalue weighted by molar-refractivity contribution is 5.95. The summed E-state index contributed by atoms with van der Waals surface area (Å²) in [4.78, 5) is 21.7. The molecule has 21 heavy (non-hydrogen) atoms. The average Bonchev–Trinajstić information content (AvgIpc) is 2.41. The van der Waals surface area contributed by atoms with Crippen molar-refractivity contribution in [3.63, 3.8) is 0 Å². The van der Waals surface area contributed by atoms with Gasteiger partial charge >= 0.3 is 6.18 Å². The number of nitro benzene ring substituents is 1. The summed E-state index contributed by atoms with van der Waals surface area (Å²) in [5.74, 6) is 4.40. The van der Waals surface area contributed by atoms with Gasteiger partial charge < -0.3 is 10.7 Å². The van der Waals surface area contributed by atoms with Crippen LogP contribution in [-0.4, -0.2) is 23.6 Å². The number of carbonyl (C=O) groups is 1. The summed E-state index contributed by atoms with van der Waals surface area (Å²) < 4.78 is 35.8. The molecule has 0 saturated carbocycles. The minimum absolute atomic E-state index is 0.0219. The molecule has 4 N–H and O–H groups in total. The van der Waals surface area contributed by atoms with Crippen molar-refractivity contribution in [1.82, 2.24) is 5.32 Å². The number of anilines is 1. The number of nitro groups is 1. The monoisotopic (exact) mass is 306 g/mol. The fraction of sp³-hybridized carbons (Fsp3) is 0.364. The molecule has 7 nitrogen and oxygen atoms in total.